The maximum Gasteiger partial charge on any atom is 0.242 e. The minimum absolute atomic E-state index is 0.0207. The molecule has 3 aliphatic rings. The lowest BCUT2D eigenvalue weighted by Gasteiger charge is -2.56. The molecule has 7 heteroatoms. The molecule has 0 bridgehead atoms. The first-order valence-corrected chi connectivity index (χ1v) is 13.8. The molecule has 0 radical (unpaired) electrons. The van der Waals surface area contributed by atoms with Crippen molar-refractivity contribution in [3.63, 3.8) is 0 Å². The van der Waals surface area contributed by atoms with E-state index >= 15 is 0 Å². The van der Waals surface area contributed by atoms with Gasteiger partial charge in [0, 0.05) is 11.6 Å². The minimum Gasteiger partial charge on any atom is -0.301 e. The molecule has 2 aromatic rings. The van der Waals surface area contributed by atoms with Gasteiger partial charge in [0.2, 0.25) is 5.91 Å². The van der Waals surface area contributed by atoms with Gasteiger partial charge in [0.05, 0.1) is 0 Å². The highest BCUT2D eigenvalue weighted by Gasteiger charge is 2.54. The molecule has 1 N–H and O–H groups in total. The van der Waals surface area contributed by atoms with Crippen LogP contribution in [-0.2, 0) is 9.59 Å². The van der Waals surface area contributed by atoms with Gasteiger partial charge in [0.25, 0.3) is 0 Å². The third-order valence-electron chi connectivity index (χ3n) is 8.49. The topological polar surface area (TPSA) is 72.0 Å². The lowest BCUT2D eigenvalue weighted by Crippen LogP contribution is -2.53. The van der Waals surface area contributed by atoms with Crippen molar-refractivity contribution in [2.75, 3.05) is 5.32 Å². The second-order valence-corrected chi connectivity index (χ2v) is 13.3. The number of nitrogens with one attached hydrogen (secondary N) is 1. The van der Waals surface area contributed by atoms with E-state index in [1.54, 1.807) is 12.3 Å². The van der Waals surface area contributed by atoms with Gasteiger partial charge in [0.1, 0.15) is 13.8 Å². The number of fused-ring (bicyclic) bond motifs is 4. The van der Waals surface area contributed by atoms with Crippen molar-refractivity contribution < 1.29 is 9.59 Å². The lowest BCUT2D eigenvalue weighted by molar-refractivity contribution is -0.121. The molecular formula is C26H30IN3O2S. The third-order valence-corrected chi connectivity index (χ3v) is 10.7. The number of nitrogens with zero attached hydrogens (tertiary/aromatic N) is 2. The summed E-state index contributed by atoms with van der Waals surface area (Å²) < 4.78 is -0.524. The number of carbonyl (C=O) groups excluding carboxylic acids is 2. The second-order valence-electron chi connectivity index (χ2n) is 10.1. The van der Waals surface area contributed by atoms with Crippen molar-refractivity contribution in [2.24, 2.45) is 29.1 Å². The van der Waals surface area contributed by atoms with Gasteiger partial charge in [-0.05, 0) is 80.6 Å². The normalized spacial score (nSPS) is 33.1. The Morgan fingerprint density at radius 3 is 2.94 bits per heavy atom. The summed E-state index contributed by atoms with van der Waals surface area (Å²) in [6.45, 7) is 6.69. The Kier molecular flexibility index (Phi) is 6.00. The molecule has 2 aromatic heterocycles. The number of amides is 1. The van der Waals surface area contributed by atoms with Crippen LogP contribution in [0.5, 0.6) is 0 Å². The third kappa shape index (κ3) is 3.89. The lowest BCUT2D eigenvalue weighted by atomic mass is 9.49. The van der Waals surface area contributed by atoms with E-state index in [1.807, 2.05) is 18.2 Å². The molecule has 5 unspecified atom stereocenters. The fraction of sp³-hybridized carbons (Fsp3) is 0.538. The number of rotatable bonds is 4. The zero-order valence-corrected chi connectivity index (χ0v) is 22.3. The van der Waals surface area contributed by atoms with E-state index in [-0.39, 0.29) is 17.1 Å². The predicted octanol–water partition coefficient (Wildman–Crippen LogP) is 6.36. The first kappa shape index (κ1) is 23.1. The number of alkyl halides is 1. The Hall–Kier alpha value is -1.61. The Balaban J connectivity index is 1.38. The van der Waals surface area contributed by atoms with Gasteiger partial charge < -0.3 is 5.32 Å². The highest BCUT2D eigenvalue weighted by molar-refractivity contribution is 14.1. The summed E-state index contributed by atoms with van der Waals surface area (Å²) in [6, 6.07) is 3.79. The van der Waals surface area contributed by atoms with Crippen LogP contribution in [0, 0.1) is 29.1 Å². The van der Waals surface area contributed by atoms with Crippen molar-refractivity contribution >= 4 is 61.1 Å². The molecule has 2 saturated carbocycles. The van der Waals surface area contributed by atoms with E-state index < -0.39 is 3.42 Å². The van der Waals surface area contributed by atoms with Crippen LogP contribution in [0.15, 0.2) is 42.1 Å². The molecule has 5 rings (SSSR count). The highest BCUT2D eigenvalue weighted by atomic mass is 127. The Bertz CT molecular complexity index is 1140. The number of anilines is 1. The van der Waals surface area contributed by atoms with Crippen LogP contribution >= 0.6 is 33.9 Å². The number of ketones is 1. The molecule has 0 spiro atoms. The Morgan fingerprint density at radius 2 is 2.18 bits per heavy atom. The SMILES string of the molecule is CCC1C2CCC3=CC(=O)C=CC3(C)C2CCC1[C@@](C)(I)C(=O)Nc1nc2cccnc2s1. The Labute approximate surface area is 212 Å². The van der Waals surface area contributed by atoms with Crippen molar-refractivity contribution in [1.29, 1.82) is 0 Å². The average molecular weight is 576 g/mol. The molecule has 1 amide bonds. The van der Waals surface area contributed by atoms with Crippen LogP contribution in [0.3, 0.4) is 0 Å². The summed E-state index contributed by atoms with van der Waals surface area (Å²) in [7, 11) is 0. The summed E-state index contributed by atoms with van der Waals surface area (Å²) in [5.41, 5.74) is 2.11. The van der Waals surface area contributed by atoms with E-state index in [0.717, 1.165) is 42.5 Å². The van der Waals surface area contributed by atoms with E-state index in [0.29, 0.717) is 28.8 Å². The average Bonchev–Trinajstić information content (AvgIpc) is 3.21. The molecule has 0 aromatic carbocycles. The van der Waals surface area contributed by atoms with E-state index in [4.69, 9.17) is 0 Å². The number of halogens is 1. The second kappa shape index (κ2) is 8.56. The van der Waals surface area contributed by atoms with E-state index in [9.17, 15) is 9.59 Å². The molecule has 2 fully saturated rings. The smallest absolute Gasteiger partial charge is 0.242 e. The van der Waals surface area contributed by atoms with Crippen LogP contribution in [0.4, 0.5) is 5.13 Å². The van der Waals surface area contributed by atoms with Crippen LogP contribution in [0.25, 0.3) is 10.3 Å². The van der Waals surface area contributed by atoms with Gasteiger partial charge in [-0.25, -0.2) is 9.97 Å². The fourth-order valence-electron chi connectivity index (χ4n) is 6.78. The molecule has 2 heterocycles. The van der Waals surface area contributed by atoms with Crippen molar-refractivity contribution in [2.45, 2.75) is 56.3 Å². The van der Waals surface area contributed by atoms with Crippen molar-refractivity contribution in [1.82, 2.24) is 9.97 Å². The summed E-state index contributed by atoms with van der Waals surface area (Å²) in [6.07, 6.45) is 12.9. The highest BCUT2D eigenvalue weighted by Crippen LogP contribution is 2.60. The molecular weight excluding hydrogens is 545 g/mol. The van der Waals surface area contributed by atoms with Crippen LogP contribution < -0.4 is 5.32 Å². The van der Waals surface area contributed by atoms with Gasteiger partial charge in [-0.1, -0.05) is 65.8 Å². The van der Waals surface area contributed by atoms with Gasteiger partial charge in [-0.15, -0.1) is 0 Å². The van der Waals surface area contributed by atoms with E-state index in [1.165, 1.54) is 16.9 Å². The summed E-state index contributed by atoms with van der Waals surface area (Å²) >= 11 is 3.82. The molecule has 33 heavy (non-hydrogen) atoms. The predicted molar refractivity (Wildman–Crippen MR) is 142 cm³/mol. The zero-order chi connectivity index (χ0) is 23.4. The molecule has 0 aliphatic heterocycles. The Morgan fingerprint density at radius 1 is 1.36 bits per heavy atom. The number of hydrogen-bond donors (Lipinski definition) is 1. The van der Waals surface area contributed by atoms with Crippen molar-refractivity contribution in [3.8, 4) is 0 Å². The zero-order valence-electron chi connectivity index (χ0n) is 19.3. The first-order valence-electron chi connectivity index (χ1n) is 11.9. The van der Waals surface area contributed by atoms with Gasteiger partial charge >= 0.3 is 0 Å². The monoisotopic (exact) mass is 575 g/mol. The molecule has 5 nitrogen and oxygen atoms in total. The minimum atomic E-state index is -0.524. The van der Waals surface area contributed by atoms with Crippen LogP contribution in [0.1, 0.15) is 52.9 Å². The quantitative estimate of drug-likeness (QED) is 0.341. The number of hydrogen-bond acceptors (Lipinski definition) is 5. The number of carbonyl (C=O) groups is 2. The molecule has 174 valence electrons. The molecule has 6 atom stereocenters. The fourth-order valence-corrected chi connectivity index (χ4v) is 8.49. The summed E-state index contributed by atoms with van der Waals surface area (Å²) in [4.78, 5) is 35.3. The summed E-state index contributed by atoms with van der Waals surface area (Å²) in [5.74, 6) is 2.06. The standard InChI is InChI=1S/C26H30IN3O2S/c1-4-17-18-8-7-15-14-16(31)11-12-25(15,2)19(18)9-10-20(17)26(3,27)23(32)30-24-29-21-6-5-13-28-22(21)33-24/h5-6,11-14,17-20H,4,7-10H2,1-3H3,(H,29,30,32)/t17?,18?,19?,20?,25?,26-/m1/s1. The van der Waals surface area contributed by atoms with Gasteiger partial charge in [0.15, 0.2) is 10.9 Å². The van der Waals surface area contributed by atoms with Gasteiger partial charge in [-0.2, -0.15) is 0 Å². The number of thiazole rings is 1. The van der Waals surface area contributed by atoms with E-state index in [2.05, 4.69) is 64.7 Å². The number of allylic oxidation sites excluding steroid dienone is 4. The number of aromatic nitrogens is 2. The maximum absolute atomic E-state index is 13.5. The van der Waals surface area contributed by atoms with Gasteiger partial charge in [-0.3, -0.25) is 9.59 Å². The van der Waals surface area contributed by atoms with Crippen LogP contribution in [0.2, 0.25) is 0 Å². The van der Waals surface area contributed by atoms with Crippen LogP contribution in [-0.4, -0.2) is 25.1 Å². The molecule has 3 aliphatic carbocycles. The summed E-state index contributed by atoms with van der Waals surface area (Å²) in [5, 5.41) is 3.73. The largest absolute Gasteiger partial charge is 0.301 e. The first-order chi connectivity index (χ1) is 15.7. The maximum atomic E-state index is 13.5. The van der Waals surface area contributed by atoms with Crippen molar-refractivity contribution in [3.05, 3.63) is 42.1 Å². The number of pyridine rings is 1. The molecule has 0 saturated heterocycles.